The van der Waals surface area contributed by atoms with Crippen molar-refractivity contribution in [2.24, 2.45) is 11.8 Å². The average molecular weight is 309 g/mol. The van der Waals surface area contributed by atoms with E-state index in [0.717, 1.165) is 31.0 Å². The second-order valence-electron chi connectivity index (χ2n) is 7.43. The first kappa shape index (κ1) is 17.0. The highest BCUT2D eigenvalue weighted by atomic mass is 32.1. The van der Waals surface area contributed by atoms with Gasteiger partial charge in [-0.25, -0.2) is 0 Å². The SMILES string of the molecule is Cc1sc(CNC2CC2)cc1CN(CC(C)C)CC(C)C. The van der Waals surface area contributed by atoms with Gasteiger partial charge >= 0.3 is 0 Å². The van der Waals surface area contributed by atoms with E-state index >= 15 is 0 Å². The Labute approximate surface area is 134 Å². The predicted molar refractivity (Wildman–Crippen MR) is 93.9 cm³/mol. The number of nitrogens with zero attached hydrogens (tertiary/aromatic N) is 1. The summed E-state index contributed by atoms with van der Waals surface area (Å²) in [5, 5.41) is 3.63. The highest BCUT2D eigenvalue weighted by molar-refractivity contribution is 7.12. The second-order valence-corrected chi connectivity index (χ2v) is 8.77. The summed E-state index contributed by atoms with van der Waals surface area (Å²) in [7, 11) is 0. The van der Waals surface area contributed by atoms with Crippen molar-refractivity contribution in [3.8, 4) is 0 Å². The van der Waals surface area contributed by atoms with Gasteiger partial charge in [-0.1, -0.05) is 27.7 Å². The van der Waals surface area contributed by atoms with E-state index in [9.17, 15) is 0 Å². The number of aryl methyl sites for hydroxylation is 1. The summed E-state index contributed by atoms with van der Waals surface area (Å²) < 4.78 is 0. The maximum Gasteiger partial charge on any atom is 0.0302 e. The Hall–Kier alpha value is -0.380. The molecule has 1 aliphatic carbocycles. The van der Waals surface area contributed by atoms with Crippen molar-refractivity contribution in [3.05, 3.63) is 21.4 Å². The van der Waals surface area contributed by atoms with E-state index < -0.39 is 0 Å². The summed E-state index contributed by atoms with van der Waals surface area (Å²) >= 11 is 1.97. The third-order valence-electron chi connectivity index (χ3n) is 3.85. The van der Waals surface area contributed by atoms with E-state index in [1.165, 1.54) is 41.2 Å². The van der Waals surface area contributed by atoms with Gasteiger partial charge in [-0.2, -0.15) is 0 Å². The summed E-state index contributed by atoms with van der Waals surface area (Å²) in [5.41, 5.74) is 1.54. The van der Waals surface area contributed by atoms with Gasteiger partial charge in [0.15, 0.2) is 0 Å². The van der Waals surface area contributed by atoms with Crippen LogP contribution in [-0.2, 0) is 13.1 Å². The van der Waals surface area contributed by atoms with E-state index in [0.29, 0.717) is 0 Å². The van der Waals surface area contributed by atoms with Crippen LogP contribution >= 0.6 is 11.3 Å². The molecule has 0 atom stereocenters. The van der Waals surface area contributed by atoms with Crippen LogP contribution in [0.25, 0.3) is 0 Å². The number of hydrogen-bond acceptors (Lipinski definition) is 3. The van der Waals surface area contributed by atoms with Crippen LogP contribution in [0.4, 0.5) is 0 Å². The Balaban J connectivity index is 1.94. The highest BCUT2D eigenvalue weighted by Crippen LogP contribution is 2.25. The van der Waals surface area contributed by atoms with Crippen molar-refractivity contribution in [3.63, 3.8) is 0 Å². The summed E-state index contributed by atoms with van der Waals surface area (Å²) in [6.07, 6.45) is 2.74. The average Bonchev–Trinajstić information content (AvgIpc) is 3.11. The lowest BCUT2D eigenvalue weighted by Gasteiger charge is -2.26. The first-order valence-corrected chi connectivity index (χ1v) is 9.29. The smallest absolute Gasteiger partial charge is 0.0302 e. The van der Waals surface area contributed by atoms with Crippen LogP contribution in [0.1, 0.15) is 55.9 Å². The maximum atomic E-state index is 3.63. The summed E-state index contributed by atoms with van der Waals surface area (Å²) in [6.45, 7) is 16.1. The van der Waals surface area contributed by atoms with Crippen LogP contribution in [0.3, 0.4) is 0 Å². The Morgan fingerprint density at radius 3 is 2.33 bits per heavy atom. The molecule has 0 aliphatic heterocycles. The quantitative estimate of drug-likeness (QED) is 0.726. The third kappa shape index (κ3) is 6.09. The molecule has 0 saturated heterocycles. The van der Waals surface area contributed by atoms with Crippen LogP contribution < -0.4 is 5.32 Å². The lowest BCUT2D eigenvalue weighted by atomic mass is 10.1. The molecule has 1 fully saturated rings. The second kappa shape index (κ2) is 7.75. The Kier molecular flexibility index (Phi) is 6.27. The summed E-state index contributed by atoms with van der Waals surface area (Å²) in [5.74, 6) is 1.47. The standard InChI is InChI=1S/C18H32N2S/c1-13(2)10-20(11-14(3)4)12-16-8-18(21-15(16)5)9-19-17-6-7-17/h8,13-14,17,19H,6-7,9-12H2,1-5H3. The monoisotopic (exact) mass is 308 g/mol. The molecule has 0 spiro atoms. The first-order chi connectivity index (χ1) is 9.94. The molecule has 21 heavy (non-hydrogen) atoms. The molecule has 3 heteroatoms. The molecule has 0 unspecified atom stereocenters. The highest BCUT2D eigenvalue weighted by Gasteiger charge is 2.20. The van der Waals surface area contributed by atoms with Crippen molar-refractivity contribution < 1.29 is 0 Å². The zero-order valence-corrected chi connectivity index (χ0v) is 15.2. The Morgan fingerprint density at radius 2 is 1.81 bits per heavy atom. The molecule has 2 nitrogen and oxygen atoms in total. The molecule has 1 aromatic rings. The van der Waals surface area contributed by atoms with Crippen LogP contribution in [0.5, 0.6) is 0 Å². The maximum absolute atomic E-state index is 3.63. The molecule has 1 aliphatic rings. The molecule has 2 rings (SSSR count). The zero-order chi connectivity index (χ0) is 15.4. The molecule has 1 heterocycles. The van der Waals surface area contributed by atoms with E-state index in [-0.39, 0.29) is 0 Å². The van der Waals surface area contributed by atoms with E-state index in [2.05, 4.69) is 50.9 Å². The van der Waals surface area contributed by atoms with Gasteiger partial charge in [-0.3, -0.25) is 4.90 Å². The van der Waals surface area contributed by atoms with Crippen LogP contribution in [0, 0.1) is 18.8 Å². The van der Waals surface area contributed by atoms with Gasteiger partial charge < -0.3 is 5.32 Å². The van der Waals surface area contributed by atoms with Crippen molar-refractivity contribution in [2.75, 3.05) is 13.1 Å². The molecule has 0 bridgehead atoms. The van der Waals surface area contributed by atoms with Gasteiger partial charge in [0.1, 0.15) is 0 Å². The molecule has 0 aromatic carbocycles. The van der Waals surface area contributed by atoms with Crippen molar-refractivity contribution >= 4 is 11.3 Å². The Morgan fingerprint density at radius 1 is 1.19 bits per heavy atom. The summed E-state index contributed by atoms with van der Waals surface area (Å²) in [4.78, 5) is 5.63. The lowest BCUT2D eigenvalue weighted by Crippen LogP contribution is -2.31. The van der Waals surface area contributed by atoms with Crippen molar-refractivity contribution in [2.45, 2.75) is 66.6 Å². The van der Waals surface area contributed by atoms with Gasteiger partial charge in [0.25, 0.3) is 0 Å². The van der Waals surface area contributed by atoms with Gasteiger partial charge in [-0.05, 0) is 43.2 Å². The predicted octanol–water partition coefficient (Wildman–Crippen LogP) is 4.42. The van der Waals surface area contributed by atoms with Gasteiger partial charge in [-0.15, -0.1) is 11.3 Å². The van der Waals surface area contributed by atoms with E-state index in [1.54, 1.807) is 0 Å². The van der Waals surface area contributed by atoms with Crippen LogP contribution in [-0.4, -0.2) is 24.0 Å². The van der Waals surface area contributed by atoms with Gasteiger partial charge in [0.05, 0.1) is 0 Å². The normalized spacial score (nSPS) is 15.6. The zero-order valence-electron chi connectivity index (χ0n) is 14.4. The molecule has 0 radical (unpaired) electrons. The van der Waals surface area contributed by atoms with E-state index in [4.69, 9.17) is 0 Å². The van der Waals surface area contributed by atoms with Crippen molar-refractivity contribution in [1.82, 2.24) is 10.2 Å². The topological polar surface area (TPSA) is 15.3 Å². The Bertz CT molecular complexity index is 422. The third-order valence-corrected chi connectivity index (χ3v) is 4.95. The summed E-state index contributed by atoms with van der Waals surface area (Å²) in [6, 6.07) is 3.23. The number of hydrogen-bond donors (Lipinski definition) is 1. The minimum atomic E-state index is 0.735. The molecule has 120 valence electrons. The molecule has 0 amide bonds. The lowest BCUT2D eigenvalue weighted by molar-refractivity contribution is 0.211. The number of thiophene rings is 1. The minimum absolute atomic E-state index is 0.735. The fraction of sp³-hybridized carbons (Fsp3) is 0.778. The first-order valence-electron chi connectivity index (χ1n) is 8.48. The number of rotatable bonds is 9. The molecule has 1 saturated carbocycles. The molecular formula is C18H32N2S. The van der Waals surface area contributed by atoms with Crippen molar-refractivity contribution in [1.29, 1.82) is 0 Å². The minimum Gasteiger partial charge on any atom is -0.309 e. The fourth-order valence-electron chi connectivity index (χ4n) is 2.84. The fourth-order valence-corrected chi connectivity index (χ4v) is 3.85. The molecular weight excluding hydrogens is 276 g/mol. The van der Waals surface area contributed by atoms with Crippen LogP contribution in [0.15, 0.2) is 6.07 Å². The number of nitrogens with one attached hydrogen (secondary N) is 1. The molecule has 1 aromatic heterocycles. The molecule has 1 N–H and O–H groups in total. The van der Waals surface area contributed by atoms with Gasteiger partial charge in [0.2, 0.25) is 0 Å². The van der Waals surface area contributed by atoms with E-state index in [1.807, 2.05) is 11.3 Å². The largest absolute Gasteiger partial charge is 0.309 e. The van der Waals surface area contributed by atoms with Gasteiger partial charge in [0, 0.05) is 42.0 Å². The van der Waals surface area contributed by atoms with Crippen LogP contribution in [0.2, 0.25) is 0 Å².